The maximum absolute atomic E-state index is 12.2. The summed E-state index contributed by atoms with van der Waals surface area (Å²) in [6.07, 6.45) is -0.567. The fourth-order valence-corrected chi connectivity index (χ4v) is 0.819. The van der Waals surface area contributed by atoms with E-state index in [0.29, 0.717) is 0 Å². The molecule has 0 saturated heterocycles. The second-order valence-electron chi connectivity index (χ2n) is 2.10. The Labute approximate surface area is 67.4 Å². The van der Waals surface area contributed by atoms with Crippen molar-refractivity contribution in [2.45, 2.75) is 6.43 Å². The van der Waals surface area contributed by atoms with Gasteiger partial charge in [0, 0.05) is 6.20 Å². The van der Waals surface area contributed by atoms with Crippen molar-refractivity contribution in [1.82, 2.24) is 4.98 Å². The summed E-state index contributed by atoms with van der Waals surface area (Å²) >= 11 is 0. The number of rotatable bonds is 1. The van der Waals surface area contributed by atoms with Crippen LogP contribution < -0.4 is 5.73 Å². The molecule has 1 heterocycles. The lowest BCUT2D eigenvalue weighted by Gasteiger charge is -2.04. The summed E-state index contributed by atoms with van der Waals surface area (Å²) in [4.78, 5) is 3.52. The number of nitriles is 1. The molecule has 0 aromatic carbocycles. The van der Waals surface area contributed by atoms with E-state index in [2.05, 4.69) is 4.98 Å². The summed E-state index contributed by atoms with van der Waals surface area (Å²) in [5.41, 5.74) is 4.44. The van der Waals surface area contributed by atoms with Crippen LogP contribution in [0, 0.1) is 11.3 Å². The van der Waals surface area contributed by atoms with Crippen molar-refractivity contribution >= 4 is 5.69 Å². The number of pyridine rings is 1. The van der Waals surface area contributed by atoms with E-state index in [1.165, 1.54) is 0 Å². The van der Waals surface area contributed by atoms with Gasteiger partial charge in [0.1, 0.15) is 6.07 Å². The van der Waals surface area contributed by atoms with Gasteiger partial charge in [0.15, 0.2) is 0 Å². The molecule has 0 saturated carbocycles. The van der Waals surface area contributed by atoms with Crippen LogP contribution in [0.3, 0.4) is 0 Å². The van der Waals surface area contributed by atoms with Gasteiger partial charge < -0.3 is 5.73 Å². The van der Waals surface area contributed by atoms with Crippen molar-refractivity contribution in [1.29, 1.82) is 5.26 Å². The molecule has 0 amide bonds. The lowest BCUT2D eigenvalue weighted by Crippen LogP contribution is -1.99. The first-order valence-electron chi connectivity index (χ1n) is 3.08. The first-order chi connectivity index (χ1) is 5.66. The molecule has 12 heavy (non-hydrogen) atoms. The molecule has 3 nitrogen and oxygen atoms in total. The van der Waals surface area contributed by atoms with Gasteiger partial charge in [0.05, 0.1) is 23.0 Å². The molecule has 2 N–H and O–H groups in total. The molecule has 1 aromatic rings. The highest BCUT2D eigenvalue weighted by Crippen LogP contribution is 2.26. The van der Waals surface area contributed by atoms with Crippen LogP contribution >= 0.6 is 0 Å². The molecular formula is C7H5F2N3. The third kappa shape index (κ3) is 1.32. The van der Waals surface area contributed by atoms with Crippen LogP contribution in [0.25, 0.3) is 0 Å². The fourth-order valence-electron chi connectivity index (χ4n) is 0.819. The fraction of sp³-hybridized carbons (Fsp3) is 0.143. The Balaban J connectivity index is 3.32. The Morgan fingerprint density at radius 2 is 2.17 bits per heavy atom. The zero-order valence-electron chi connectivity index (χ0n) is 5.96. The highest BCUT2D eigenvalue weighted by Gasteiger charge is 2.16. The summed E-state index contributed by atoms with van der Waals surface area (Å²) in [6.45, 7) is 0. The molecule has 62 valence electrons. The lowest BCUT2D eigenvalue weighted by atomic mass is 10.1. The molecule has 0 bridgehead atoms. The number of aromatic nitrogens is 1. The SMILES string of the molecule is N#Cc1cncc(N)c1C(F)F. The average Bonchev–Trinajstić information content (AvgIpc) is 2.03. The van der Waals surface area contributed by atoms with Crippen LogP contribution in [0.4, 0.5) is 14.5 Å². The molecule has 0 spiro atoms. The van der Waals surface area contributed by atoms with Crippen molar-refractivity contribution in [2.75, 3.05) is 5.73 Å². The second-order valence-corrected chi connectivity index (χ2v) is 2.10. The lowest BCUT2D eigenvalue weighted by molar-refractivity contribution is 0.152. The minimum absolute atomic E-state index is 0.149. The maximum Gasteiger partial charge on any atom is 0.267 e. The summed E-state index contributed by atoms with van der Waals surface area (Å²) in [6, 6.07) is 1.60. The van der Waals surface area contributed by atoms with E-state index in [-0.39, 0.29) is 11.3 Å². The van der Waals surface area contributed by atoms with Gasteiger partial charge >= 0.3 is 0 Å². The monoisotopic (exact) mass is 169 g/mol. The van der Waals surface area contributed by atoms with E-state index in [9.17, 15) is 8.78 Å². The molecule has 0 radical (unpaired) electrons. The van der Waals surface area contributed by atoms with Gasteiger partial charge in [-0.15, -0.1) is 0 Å². The largest absolute Gasteiger partial charge is 0.397 e. The summed E-state index contributed by atoms with van der Waals surface area (Å²) in [5, 5.41) is 8.41. The van der Waals surface area contributed by atoms with Crippen molar-refractivity contribution < 1.29 is 8.78 Å². The van der Waals surface area contributed by atoms with E-state index < -0.39 is 12.0 Å². The van der Waals surface area contributed by atoms with Crippen LogP contribution in [-0.2, 0) is 0 Å². The zero-order chi connectivity index (χ0) is 9.14. The first-order valence-corrected chi connectivity index (χ1v) is 3.08. The van der Waals surface area contributed by atoms with Gasteiger partial charge in [-0.3, -0.25) is 4.98 Å². The topological polar surface area (TPSA) is 62.7 Å². The van der Waals surface area contributed by atoms with Crippen LogP contribution in [0.1, 0.15) is 17.6 Å². The Morgan fingerprint density at radius 1 is 1.50 bits per heavy atom. The maximum atomic E-state index is 12.2. The predicted octanol–water partition coefficient (Wildman–Crippen LogP) is 1.47. The molecule has 0 aliphatic carbocycles. The van der Waals surface area contributed by atoms with E-state index in [1.807, 2.05) is 0 Å². The molecule has 0 fully saturated rings. The third-order valence-electron chi connectivity index (χ3n) is 1.36. The molecule has 0 aliphatic heterocycles. The number of nitrogens with two attached hydrogens (primary N) is 1. The van der Waals surface area contributed by atoms with Crippen molar-refractivity contribution in [3.63, 3.8) is 0 Å². The van der Waals surface area contributed by atoms with E-state index in [1.54, 1.807) is 6.07 Å². The molecule has 5 heteroatoms. The Hall–Kier alpha value is -1.70. The minimum atomic E-state index is -2.73. The number of hydrogen-bond donors (Lipinski definition) is 1. The first kappa shape index (κ1) is 8.40. The van der Waals surface area contributed by atoms with Crippen molar-refractivity contribution in [2.24, 2.45) is 0 Å². The van der Waals surface area contributed by atoms with E-state index in [4.69, 9.17) is 11.0 Å². The quantitative estimate of drug-likeness (QED) is 0.692. The molecular weight excluding hydrogens is 164 g/mol. The number of nitrogens with zero attached hydrogens (tertiary/aromatic N) is 2. The Bertz CT molecular complexity index is 330. The number of hydrogen-bond acceptors (Lipinski definition) is 3. The summed E-state index contributed by atoms with van der Waals surface area (Å²) < 4.78 is 24.4. The smallest absolute Gasteiger partial charge is 0.267 e. The number of halogens is 2. The van der Waals surface area contributed by atoms with Gasteiger partial charge in [-0.1, -0.05) is 0 Å². The molecule has 1 aromatic heterocycles. The van der Waals surface area contributed by atoms with Crippen LogP contribution in [0.15, 0.2) is 12.4 Å². The number of anilines is 1. The zero-order valence-corrected chi connectivity index (χ0v) is 5.96. The summed E-state index contributed by atoms with van der Waals surface area (Å²) in [5.74, 6) is 0. The molecule has 0 atom stereocenters. The van der Waals surface area contributed by atoms with Crippen LogP contribution in [0.5, 0.6) is 0 Å². The van der Waals surface area contributed by atoms with Crippen molar-refractivity contribution in [3.05, 3.63) is 23.5 Å². The van der Waals surface area contributed by atoms with Gasteiger partial charge in [0.2, 0.25) is 0 Å². The normalized spacial score (nSPS) is 9.83. The highest BCUT2D eigenvalue weighted by atomic mass is 19.3. The van der Waals surface area contributed by atoms with E-state index >= 15 is 0 Å². The number of nitrogen functional groups attached to an aromatic ring is 1. The van der Waals surface area contributed by atoms with Crippen molar-refractivity contribution in [3.8, 4) is 6.07 Å². The van der Waals surface area contributed by atoms with Gasteiger partial charge in [-0.05, 0) is 0 Å². The summed E-state index contributed by atoms with van der Waals surface area (Å²) in [7, 11) is 0. The van der Waals surface area contributed by atoms with Gasteiger partial charge in [-0.25, -0.2) is 8.78 Å². The highest BCUT2D eigenvalue weighted by molar-refractivity contribution is 5.53. The molecule has 1 rings (SSSR count). The van der Waals surface area contributed by atoms with Gasteiger partial charge in [-0.2, -0.15) is 5.26 Å². The third-order valence-corrected chi connectivity index (χ3v) is 1.36. The van der Waals surface area contributed by atoms with E-state index in [0.717, 1.165) is 12.4 Å². The number of alkyl halides is 2. The Kier molecular flexibility index (Phi) is 2.19. The Morgan fingerprint density at radius 3 is 2.58 bits per heavy atom. The van der Waals surface area contributed by atoms with Crippen LogP contribution in [0.2, 0.25) is 0 Å². The minimum Gasteiger partial charge on any atom is -0.397 e. The molecule has 0 aliphatic rings. The van der Waals surface area contributed by atoms with Gasteiger partial charge in [0.25, 0.3) is 6.43 Å². The van der Waals surface area contributed by atoms with Crippen LogP contribution in [-0.4, -0.2) is 4.98 Å². The standard InChI is InChI=1S/C7H5F2N3/c8-7(9)6-4(1-10)2-12-3-5(6)11/h2-3,7H,11H2. The molecule has 0 unspecified atom stereocenters. The second kappa shape index (κ2) is 3.13. The average molecular weight is 169 g/mol. The predicted molar refractivity (Wildman–Crippen MR) is 38.3 cm³/mol.